The number of carboxylic acid groups (broad SMARTS) is 1. The Kier molecular flexibility index (Phi) is 9.37. The molecule has 0 saturated carbocycles. The maximum absolute atomic E-state index is 11.8. The summed E-state index contributed by atoms with van der Waals surface area (Å²) in [6.45, 7) is 0.352. The van der Waals surface area contributed by atoms with Gasteiger partial charge in [0.2, 0.25) is 0 Å². The summed E-state index contributed by atoms with van der Waals surface area (Å²) in [7, 11) is 2.82. The molecule has 27 heavy (non-hydrogen) atoms. The molecular formula is C16H22FN3O6S. The van der Waals surface area contributed by atoms with Crippen molar-refractivity contribution in [2.45, 2.75) is 5.37 Å². The number of nitrogens with two attached hydrogens (primary N) is 1. The Morgan fingerprint density at radius 1 is 1.15 bits per heavy atom. The van der Waals surface area contributed by atoms with Crippen LogP contribution in [0.25, 0.3) is 0 Å². The molecule has 0 aliphatic heterocycles. The smallest absolute Gasteiger partial charge is 0.447 e. The highest BCUT2D eigenvalue weighted by molar-refractivity contribution is 7.99. The molecule has 9 nitrogen and oxygen atoms in total. The van der Waals surface area contributed by atoms with Crippen molar-refractivity contribution >= 4 is 29.9 Å². The number of hydrogen-bond donors (Lipinski definition) is 2. The Labute approximate surface area is 160 Å². The molecule has 0 aliphatic rings. The van der Waals surface area contributed by atoms with Crippen molar-refractivity contribution in [1.29, 1.82) is 0 Å². The second kappa shape index (κ2) is 11.2. The zero-order valence-corrected chi connectivity index (χ0v) is 15.8. The molecule has 0 aliphatic carbocycles. The minimum absolute atomic E-state index is 0.0836. The highest BCUT2D eigenvalue weighted by Gasteiger charge is 2.15. The number of carbonyl (C=O) groups excluding carboxylic acids is 2. The monoisotopic (exact) mass is 403 g/mol. The van der Waals surface area contributed by atoms with Crippen LogP contribution >= 0.6 is 11.8 Å². The van der Waals surface area contributed by atoms with E-state index >= 15 is 0 Å². The summed E-state index contributed by atoms with van der Waals surface area (Å²) in [5.41, 5.74) is 6.94. The number of aromatic carboxylic acids is 1. The fourth-order valence-corrected chi connectivity index (χ4v) is 2.65. The fourth-order valence-electron chi connectivity index (χ4n) is 1.87. The molecule has 0 spiro atoms. The molecule has 150 valence electrons. The number of hydrogen-bond acceptors (Lipinski definition) is 7. The van der Waals surface area contributed by atoms with Crippen LogP contribution in [0.5, 0.6) is 0 Å². The second-order valence-corrected chi connectivity index (χ2v) is 6.77. The summed E-state index contributed by atoms with van der Waals surface area (Å²) in [5.74, 6) is -0.568. The number of benzene rings is 1. The molecule has 2 amide bonds. The van der Waals surface area contributed by atoms with Gasteiger partial charge < -0.3 is 25.4 Å². The van der Waals surface area contributed by atoms with Crippen molar-refractivity contribution in [3.63, 3.8) is 0 Å². The van der Waals surface area contributed by atoms with Gasteiger partial charge in [-0.15, -0.1) is 11.8 Å². The SMILES string of the molecule is CN(CCN(C)C(=O)OCCSC(N)c1ccc(C(=O)O)cc1)C(=O)OF. The average molecular weight is 403 g/mol. The van der Waals surface area contributed by atoms with Gasteiger partial charge in [0.1, 0.15) is 6.61 Å². The van der Waals surface area contributed by atoms with Crippen LogP contribution < -0.4 is 5.73 Å². The molecule has 0 heterocycles. The number of thioether (sulfide) groups is 1. The largest absolute Gasteiger partial charge is 0.478 e. The lowest BCUT2D eigenvalue weighted by atomic mass is 10.1. The second-order valence-electron chi connectivity index (χ2n) is 5.52. The zero-order chi connectivity index (χ0) is 20.4. The fraction of sp³-hybridized carbons (Fsp3) is 0.438. The lowest BCUT2D eigenvalue weighted by Gasteiger charge is -2.20. The number of amides is 2. The predicted octanol–water partition coefficient (Wildman–Crippen LogP) is 2.10. The Morgan fingerprint density at radius 3 is 2.22 bits per heavy atom. The van der Waals surface area contributed by atoms with Crippen molar-refractivity contribution in [1.82, 2.24) is 9.80 Å². The zero-order valence-electron chi connectivity index (χ0n) is 15.0. The molecule has 0 saturated heterocycles. The van der Waals surface area contributed by atoms with Crippen LogP contribution in [0.1, 0.15) is 21.3 Å². The molecular weight excluding hydrogens is 381 g/mol. The van der Waals surface area contributed by atoms with E-state index in [0.29, 0.717) is 5.75 Å². The van der Waals surface area contributed by atoms with Crippen LogP contribution in [-0.2, 0) is 9.68 Å². The van der Waals surface area contributed by atoms with Gasteiger partial charge in [-0.05, 0) is 17.7 Å². The quantitative estimate of drug-likeness (QED) is 0.475. The van der Waals surface area contributed by atoms with E-state index in [-0.39, 0.29) is 30.6 Å². The maximum atomic E-state index is 11.8. The highest BCUT2D eigenvalue weighted by atomic mass is 32.2. The molecule has 3 N–H and O–H groups in total. The first-order valence-electron chi connectivity index (χ1n) is 7.88. The molecule has 11 heteroatoms. The van der Waals surface area contributed by atoms with Crippen LogP contribution in [-0.4, -0.2) is 72.6 Å². The lowest BCUT2D eigenvalue weighted by molar-refractivity contribution is -0.0773. The van der Waals surface area contributed by atoms with Crippen molar-refractivity contribution in [2.75, 3.05) is 39.5 Å². The van der Waals surface area contributed by atoms with Gasteiger partial charge in [0.05, 0.1) is 10.9 Å². The van der Waals surface area contributed by atoms with Gasteiger partial charge in [0, 0.05) is 37.5 Å². The van der Waals surface area contributed by atoms with Gasteiger partial charge in [-0.25, -0.2) is 19.3 Å². The summed E-state index contributed by atoms with van der Waals surface area (Å²) in [4.78, 5) is 38.8. The molecule has 1 rings (SSSR count). The molecule has 0 radical (unpaired) electrons. The molecule has 0 fully saturated rings. The molecule has 1 aromatic carbocycles. The van der Waals surface area contributed by atoms with Crippen molar-refractivity contribution in [3.05, 3.63) is 35.4 Å². The van der Waals surface area contributed by atoms with Crippen molar-refractivity contribution in [3.8, 4) is 0 Å². The normalized spacial score (nSPS) is 11.4. The van der Waals surface area contributed by atoms with E-state index in [1.165, 1.54) is 42.9 Å². The Morgan fingerprint density at radius 2 is 1.70 bits per heavy atom. The topological polar surface area (TPSA) is 122 Å². The molecule has 1 atom stereocenters. The molecule has 0 bridgehead atoms. The number of halogens is 1. The van der Waals surface area contributed by atoms with Gasteiger partial charge in [-0.2, -0.15) is 0 Å². The molecule has 1 aromatic rings. The van der Waals surface area contributed by atoms with E-state index in [1.807, 2.05) is 0 Å². The van der Waals surface area contributed by atoms with Gasteiger partial charge in [-0.3, -0.25) is 0 Å². The van der Waals surface area contributed by atoms with E-state index < -0.39 is 18.2 Å². The summed E-state index contributed by atoms with van der Waals surface area (Å²) < 4.78 is 16.8. The van der Waals surface area contributed by atoms with Gasteiger partial charge in [-0.1, -0.05) is 12.1 Å². The summed E-state index contributed by atoms with van der Waals surface area (Å²) in [5, 5.41) is 8.48. The van der Waals surface area contributed by atoms with Crippen molar-refractivity contribution < 1.29 is 33.7 Å². The minimum Gasteiger partial charge on any atom is -0.478 e. The van der Waals surface area contributed by atoms with E-state index in [0.717, 1.165) is 10.5 Å². The molecule has 0 aromatic heterocycles. The highest BCUT2D eigenvalue weighted by Crippen LogP contribution is 2.23. The standard InChI is InChI=1S/C16H22FN3O6S/c1-19(7-8-20(2)16(24)26-17)15(23)25-9-10-27-13(18)11-3-5-12(6-4-11)14(21)22/h3-6,13H,7-10,18H2,1-2H3,(H,21,22). The third-order valence-electron chi connectivity index (χ3n) is 3.55. The van der Waals surface area contributed by atoms with Crippen LogP contribution in [0.15, 0.2) is 24.3 Å². The number of nitrogens with zero attached hydrogens (tertiary/aromatic N) is 2. The number of carbonyl (C=O) groups is 3. The first-order chi connectivity index (χ1) is 12.8. The van der Waals surface area contributed by atoms with Crippen LogP contribution in [0.4, 0.5) is 14.1 Å². The first kappa shape index (κ1) is 22.5. The van der Waals surface area contributed by atoms with Crippen molar-refractivity contribution in [2.24, 2.45) is 5.73 Å². The van der Waals surface area contributed by atoms with E-state index in [4.69, 9.17) is 15.6 Å². The van der Waals surface area contributed by atoms with Crippen LogP contribution in [0.2, 0.25) is 0 Å². The number of ether oxygens (including phenoxy) is 1. The van der Waals surface area contributed by atoms with Gasteiger partial charge in [0.15, 0.2) is 0 Å². The van der Waals surface area contributed by atoms with Crippen LogP contribution in [0, 0.1) is 0 Å². The summed E-state index contributed by atoms with van der Waals surface area (Å²) in [6.07, 6.45) is -1.73. The lowest BCUT2D eigenvalue weighted by Crippen LogP contribution is -2.37. The van der Waals surface area contributed by atoms with E-state index in [9.17, 15) is 18.9 Å². The summed E-state index contributed by atoms with van der Waals surface area (Å²) in [6, 6.07) is 6.23. The Hall–Kier alpha value is -2.53. The average Bonchev–Trinajstić information content (AvgIpc) is 2.67. The minimum atomic E-state index is -1.14. The predicted molar refractivity (Wildman–Crippen MR) is 97.0 cm³/mol. The third-order valence-corrected chi connectivity index (χ3v) is 4.59. The Bertz CT molecular complexity index is 646. The van der Waals surface area contributed by atoms with Crippen LogP contribution in [0.3, 0.4) is 0 Å². The molecule has 1 unspecified atom stereocenters. The third kappa shape index (κ3) is 7.71. The number of likely N-dealkylation sites (N-methyl/N-ethyl adjacent to an activating group) is 2. The first-order valence-corrected chi connectivity index (χ1v) is 8.93. The van der Waals surface area contributed by atoms with E-state index in [1.54, 1.807) is 12.1 Å². The summed E-state index contributed by atoms with van der Waals surface area (Å²) >= 11 is 1.35. The van der Waals surface area contributed by atoms with Gasteiger partial charge in [0.25, 0.3) is 0 Å². The maximum Gasteiger partial charge on any atom is 0.447 e. The van der Waals surface area contributed by atoms with Gasteiger partial charge >= 0.3 is 18.2 Å². The van der Waals surface area contributed by atoms with E-state index in [2.05, 4.69) is 4.94 Å². The number of rotatable bonds is 9. The Balaban J connectivity index is 2.28. The number of carboxylic acids is 1.